The minimum Gasteiger partial charge on any atom is -0.222 e. The molecule has 0 spiro atoms. The molecule has 0 amide bonds. The van der Waals surface area contributed by atoms with Gasteiger partial charge in [0.15, 0.2) is 15.1 Å². The van der Waals surface area contributed by atoms with Gasteiger partial charge in [-0.05, 0) is 18.6 Å². The van der Waals surface area contributed by atoms with Gasteiger partial charge in [-0.2, -0.15) is 5.26 Å². The van der Waals surface area contributed by atoms with Crippen molar-refractivity contribution in [3.63, 3.8) is 0 Å². The minimum atomic E-state index is -3.62. The van der Waals surface area contributed by atoms with Gasteiger partial charge in [0, 0.05) is 5.92 Å². The van der Waals surface area contributed by atoms with Gasteiger partial charge >= 0.3 is 0 Å². The zero-order valence-corrected chi connectivity index (χ0v) is 11.2. The molecule has 0 aliphatic rings. The van der Waals surface area contributed by atoms with Crippen molar-refractivity contribution in [3.05, 3.63) is 43.0 Å². The van der Waals surface area contributed by atoms with Gasteiger partial charge in [0.25, 0.3) is 0 Å². The van der Waals surface area contributed by atoms with Gasteiger partial charge in [-0.15, -0.1) is 6.58 Å². The van der Waals surface area contributed by atoms with Crippen LogP contribution in [0.15, 0.2) is 47.9 Å². The molecule has 1 aromatic rings. The molecule has 0 heterocycles. The molecule has 0 aromatic heterocycles. The maximum Gasteiger partial charge on any atom is 0.195 e. The summed E-state index contributed by atoms with van der Waals surface area (Å²) in [6, 6.07) is 10.0. The number of rotatable bonds is 6. The number of nitriles is 1. The molecule has 1 unspecified atom stereocenters. The second-order valence-electron chi connectivity index (χ2n) is 4.10. The van der Waals surface area contributed by atoms with E-state index in [-0.39, 0.29) is 10.8 Å². The third-order valence-electron chi connectivity index (χ3n) is 2.85. The average molecular weight is 263 g/mol. The smallest absolute Gasteiger partial charge is 0.195 e. The first kappa shape index (κ1) is 14.5. The van der Waals surface area contributed by atoms with E-state index < -0.39 is 15.1 Å². The van der Waals surface area contributed by atoms with Crippen molar-refractivity contribution in [2.45, 2.75) is 29.9 Å². The lowest BCUT2D eigenvalue weighted by atomic mass is 10.0. The molecule has 4 heteroatoms. The van der Waals surface area contributed by atoms with E-state index in [1.807, 2.05) is 13.0 Å². The molecule has 96 valence electrons. The van der Waals surface area contributed by atoms with E-state index in [1.165, 1.54) is 12.1 Å². The summed E-state index contributed by atoms with van der Waals surface area (Å²) < 4.78 is 24.7. The number of sulfone groups is 1. The van der Waals surface area contributed by atoms with Crippen LogP contribution in [-0.4, -0.2) is 13.7 Å². The Labute approximate surface area is 109 Å². The standard InChI is InChI=1S/C14H17NO2S/c1-3-8-12(4-2)14(11-15)18(16,17)13-9-6-5-7-10-13/h4-7,9-10,12,14H,2-3,8H2,1H3/t12-,14?/m1/s1. The second-order valence-corrected chi connectivity index (χ2v) is 6.17. The molecule has 0 fully saturated rings. The molecule has 0 saturated heterocycles. The van der Waals surface area contributed by atoms with Crippen LogP contribution in [0.2, 0.25) is 0 Å². The van der Waals surface area contributed by atoms with Gasteiger partial charge in [0.2, 0.25) is 0 Å². The Morgan fingerprint density at radius 2 is 2.00 bits per heavy atom. The fourth-order valence-corrected chi connectivity index (χ4v) is 3.55. The predicted molar refractivity (Wildman–Crippen MR) is 71.6 cm³/mol. The van der Waals surface area contributed by atoms with Crippen molar-refractivity contribution in [1.82, 2.24) is 0 Å². The van der Waals surface area contributed by atoms with E-state index in [0.717, 1.165) is 6.42 Å². The first-order valence-electron chi connectivity index (χ1n) is 5.89. The molecule has 18 heavy (non-hydrogen) atoms. The van der Waals surface area contributed by atoms with Crippen molar-refractivity contribution < 1.29 is 8.42 Å². The Kier molecular flexibility index (Phi) is 5.11. The maximum absolute atomic E-state index is 12.4. The Morgan fingerprint density at radius 1 is 1.39 bits per heavy atom. The van der Waals surface area contributed by atoms with Crippen molar-refractivity contribution in [3.8, 4) is 6.07 Å². The first-order chi connectivity index (χ1) is 8.57. The highest BCUT2D eigenvalue weighted by Crippen LogP contribution is 2.24. The average Bonchev–Trinajstić information content (AvgIpc) is 2.39. The van der Waals surface area contributed by atoms with Gasteiger partial charge < -0.3 is 0 Å². The highest BCUT2D eigenvalue weighted by atomic mass is 32.2. The Morgan fingerprint density at radius 3 is 2.44 bits per heavy atom. The summed E-state index contributed by atoms with van der Waals surface area (Å²) in [5.41, 5.74) is 0. The number of benzene rings is 1. The Hall–Kier alpha value is -1.60. The second kappa shape index (κ2) is 6.36. The minimum absolute atomic E-state index is 0.194. The molecule has 3 nitrogen and oxygen atoms in total. The molecule has 1 rings (SSSR count). The summed E-state index contributed by atoms with van der Waals surface area (Å²) in [5, 5.41) is 8.12. The fourth-order valence-electron chi connectivity index (χ4n) is 1.88. The maximum atomic E-state index is 12.4. The molecule has 0 saturated carbocycles. The molecular formula is C14H17NO2S. The zero-order chi connectivity index (χ0) is 13.6. The molecular weight excluding hydrogens is 246 g/mol. The summed E-state index contributed by atoms with van der Waals surface area (Å²) in [6.07, 6.45) is 3.03. The first-order valence-corrected chi connectivity index (χ1v) is 7.43. The van der Waals surface area contributed by atoms with Crippen molar-refractivity contribution >= 4 is 9.84 Å². The van der Waals surface area contributed by atoms with Gasteiger partial charge in [0.1, 0.15) is 0 Å². The highest BCUT2D eigenvalue weighted by molar-refractivity contribution is 7.92. The zero-order valence-electron chi connectivity index (χ0n) is 10.4. The Bertz CT molecular complexity index is 529. The SMILES string of the molecule is C=C[C@H](CCC)C(C#N)S(=O)(=O)c1ccccc1. The van der Waals surface area contributed by atoms with Crippen LogP contribution in [0.4, 0.5) is 0 Å². The summed E-state index contributed by atoms with van der Waals surface area (Å²) in [7, 11) is -3.62. The quantitative estimate of drug-likeness (QED) is 0.741. The van der Waals surface area contributed by atoms with Crippen LogP contribution in [0.25, 0.3) is 0 Å². The fraction of sp³-hybridized carbons (Fsp3) is 0.357. The summed E-state index contributed by atoms with van der Waals surface area (Å²) in [5.74, 6) is -0.329. The summed E-state index contributed by atoms with van der Waals surface area (Å²) >= 11 is 0. The van der Waals surface area contributed by atoms with E-state index in [0.29, 0.717) is 6.42 Å². The van der Waals surface area contributed by atoms with Gasteiger partial charge in [0.05, 0.1) is 11.0 Å². The van der Waals surface area contributed by atoms with Crippen LogP contribution in [-0.2, 0) is 9.84 Å². The summed E-state index contributed by atoms with van der Waals surface area (Å²) in [6.45, 7) is 5.60. The molecule has 0 aliphatic heterocycles. The lowest BCUT2D eigenvalue weighted by molar-refractivity contribution is 0.545. The van der Waals surface area contributed by atoms with Crippen molar-refractivity contribution in [2.75, 3.05) is 0 Å². The summed E-state index contributed by atoms with van der Waals surface area (Å²) in [4.78, 5) is 0.194. The van der Waals surface area contributed by atoms with Crippen LogP contribution in [0, 0.1) is 17.2 Å². The monoisotopic (exact) mass is 263 g/mol. The molecule has 0 radical (unpaired) electrons. The third-order valence-corrected chi connectivity index (χ3v) is 4.90. The third kappa shape index (κ3) is 2.99. The van der Waals surface area contributed by atoms with E-state index in [1.54, 1.807) is 24.3 Å². The van der Waals surface area contributed by atoms with E-state index in [4.69, 9.17) is 0 Å². The molecule has 0 N–H and O–H groups in total. The molecule has 0 bridgehead atoms. The van der Waals surface area contributed by atoms with Gasteiger partial charge in [-0.25, -0.2) is 8.42 Å². The van der Waals surface area contributed by atoms with E-state index in [9.17, 15) is 13.7 Å². The van der Waals surface area contributed by atoms with Crippen LogP contribution in [0.1, 0.15) is 19.8 Å². The topological polar surface area (TPSA) is 57.9 Å². The normalized spacial score (nSPS) is 14.4. The number of nitrogens with zero attached hydrogens (tertiary/aromatic N) is 1. The van der Waals surface area contributed by atoms with E-state index >= 15 is 0 Å². The lowest BCUT2D eigenvalue weighted by Crippen LogP contribution is -2.27. The number of hydrogen-bond donors (Lipinski definition) is 0. The molecule has 1 aromatic carbocycles. The van der Waals surface area contributed by atoms with Crippen LogP contribution >= 0.6 is 0 Å². The predicted octanol–water partition coefficient (Wildman–Crippen LogP) is 2.95. The lowest BCUT2D eigenvalue weighted by Gasteiger charge is -2.18. The van der Waals surface area contributed by atoms with Gasteiger partial charge in [-0.1, -0.05) is 37.6 Å². The van der Waals surface area contributed by atoms with Crippen molar-refractivity contribution in [1.29, 1.82) is 5.26 Å². The molecule has 2 atom stereocenters. The number of allylic oxidation sites excluding steroid dienone is 1. The van der Waals surface area contributed by atoms with Crippen LogP contribution in [0.5, 0.6) is 0 Å². The Balaban J connectivity index is 3.17. The number of hydrogen-bond acceptors (Lipinski definition) is 3. The van der Waals surface area contributed by atoms with Gasteiger partial charge in [-0.3, -0.25) is 0 Å². The van der Waals surface area contributed by atoms with Crippen LogP contribution in [0.3, 0.4) is 0 Å². The van der Waals surface area contributed by atoms with E-state index in [2.05, 4.69) is 6.58 Å². The van der Waals surface area contributed by atoms with Crippen LogP contribution < -0.4 is 0 Å². The highest BCUT2D eigenvalue weighted by Gasteiger charge is 2.32. The molecule has 0 aliphatic carbocycles. The van der Waals surface area contributed by atoms with Crippen molar-refractivity contribution in [2.24, 2.45) is 5.92 Å². The largest absolute Gasteiger partial charge is 0.222 e.